The van der Waals surface area contributed by atoms with Crippen molar-refractivity contribution in [1.82, 2.24) is 9.97 Å². The summed E-state index contributed by atoms with van der Waals surface area (Å²) in [6, 6.07) is 0.461. The summed E-state index contributed by atoms with van der Waals surface area (Å²) in [5, 5.41) is 0. The Kier molecular flexibility index (Phi) is 6.29. The minimum Gasteiger partial charge on any atom is -0.341 e. The lowest BCUT2D eigenvalue weighted by atomic mass is 10.2. The predicted molar refractivity (Wildman–Crippen MR) is 75.7 cm³/mol. The van der Waals surface area contributed by atoms with Gasteiger partial charge in [-0.05, 0) is 43.9 Å². The van der Waals surface area contributed by atoms with Crippen molar-refractivity contribution in [1.29, 1.82) is 0 Å². The Bertz CT molecular complexity index is 315. The predicted octanol–water partition coefficient (Wildman–Crippen LogP) is 1.56. The topological polar surface area (TPSA) is 55.0 Å². The number of aromatic nitrogens is 2. The zero-order valence-corrected chi connectivity index (χ0v) is 11.7. The Hall–Kier alpha value is -0.810. The molecule has 1 rings (SSSR count). The highest BCUT2D eigenvalue weighted by Crippen LogP contribution is 2.12. The first-order valence-electron chi connectivity index (χ1n) is 5.91. The Morgan fingerprint density at radius 1 is 1.41 bits per heavy atom. The normalized spacial score (nSPS) is 12.5. The Balaban J connectivity index is 2.58. The van der Waals surface area contributed by atoms with Gasteiger partial charge in [0.05, 0.1) is 0 Å². The molecule has 0 aliphatic heterocycles. The van der Waals surface area contributed by atoms with Crippen molar-refractivity contribution in [2.24, 2.45) is 5.73 Å². The van der Waals surface area contributed by atoms with Gasteiger partial charge >= 0.3 is 0 Å². The van der Waals surface area contributed by atoms with Crippen LogP contribution < -0.4 is 10.6 Å². The molecule has 0 saturated heterocycles. The van der Waals surface area contributed by atoms with Crippen molar-refractivity contribution in [2.45, 2.75) is 25.8 Å². The van der Waals surface area contributed by atoms with Crippen LogP contribution in [-0.4, -0.2) is 41.6 Å². The van der Waals surface area contributed by atoms with Crippen molar-refractivity contribution >= 4 is 17.7 Å². The molecule has 1 unspecified atom stereocenters. The summed E-state index contributed by atoms with van der Waals surface area (Å²) in [7, 11) is 2.04. The molecule has 2 N–H and O–H groups in total. The fourth-order valence-electron chi connectivity index (χ4n) is 1.51. The standard InChI is InChI=1S/C12H22N4S/c1-10(5-7-17-3)16(2)12-14-8-11(4-6-13)9-15-12/h8-10H,4-7,13H2,1-3H3. The molecule has 0 bridgehead atoms. The molecule has 5 heteroatoms. The number of anilines is 1. The van der Waals surface area contributed by atoms with Crippen LogP contribution >= 0.6 is 11.8 Å². The second kappa shape index (κ2) is 7.50. The fourth-order valence-corrected chi connectivity index (χ4v) is 2.08. The van der Waals surface area contributed by atoms with Gasteiger partial charge in [0.15, 0.2) is 0 Å². The van der Waals surface area contributed by atoms with E-state index < -0.39 is 0 Å². The summed E-state index contributed by atoms with van der Waals surface area (Å²) in [6.07, 6.45) is 7.85. The van der Waals surface area contributed by atoms with E-state index >= 15 is 0 Å². The van der Waals surface area contributed by atoms with Crippen LogP contribution in [0.1, 0.15) is 18.9 Å². The lowest BCUT2D eigenvalue weighted by Gasteiger charge is -2.24. The molecule has 0 saturated carbocycles. The molecule has 96 valence electrons. The summed E-state index contributed by atoms with van der Waals surface area (Å²) in [5.41, 5.74) is 6.59. The average Bonchev–Trinajstić information content (AvgIpc) is 2.36. The van der Waals surface area contributed by atoms with E-state index in [1.807, 2.05) is 31.2 Å². The molecular weight excluding hydrogens is 232 g/mol. The van der Waals surface area contributed by atoms with Crippen LogP contribution in [0.25, 0.3) is 0 Å². The van der Waals surface area contributed by atoms with Crippen LogP contribution in [0.3, 0.4) is 0 Å². The Morgan fingerprint density at radius 2 is 2.06 bits per heavy atom. The smallest absolute Gasteiger partial charge is 0.225 e. The van der Waals surface area contributed by atoms with E-state index in [1.165, 1.54) is 0 Å². The van der Waals surface area contributed by atoms with Crippen LogP contribution in [0.15, 0.2) is 12.4 Å². The molecule has 0 spiro atoms. The quantitative estimate of drug-likeness (QED) is 0.800. The van der Waals surface area contributed by atoms with E-state index in [0.717, 1.165) is 30.1 Å². The van der Waals surface area contributed by atoms with Crippen molar-refractivity contribution < 1.29 is 0 Å². The van der Waals surface area contributed by atoms with Gasteiger partial charge in [-0.2, -0.15) is 11.8 Å². The van der Waals surface area contributed by atoms with Crippen molar-refractivity contribution in [3.8, 4) is 0 Å². The van der Waals surface area contributed by atoms with E-state index in [2.05, 4.69) is 28.0 Å². The lowest BCUT2D eigenvalue weighted by molar-refractivity contribution is 0.652. The van der Waals surface area contributed by atoms with Crippen LogP contribution in [-0.2, 0) is 6.42 Å². The summed E-state index contributed by atoms with van der Waals surface area (Å²) in [6.45, 7) is 2.84. The van der Waals surface area contributed by atoms with Crippen LogP contribution in [0.5, 0.6) is 0 Å². The molecular formula is C12H22N4S. The highest BCUT2D eigenvalue weighted by Gasteiger charge is 2.11. The van der Waals surface area contributed by atoms with Crippen molar-refractivity contribution in [3.05, 3.63) is 18.0 Å². The van der Waals surface area contributed by atoms with E-state index in [4.69, 9.17) is 5.73 Å². The molecule has 1 heterocycles. The summed E-state index contributed by atoms with van der Waals surface area (Å²) in [5.74, 6) is 1.95. The van der Waals surface area contributed by atoms with Gasteiger partial charge in [0.25, 0.3) is 0 Å². The van der Waals surface area contributed by atoms with E-state index in [-0.39, 0.29) is 0 Å². The molecule has 1 aromatic heterocycles. The minimum absolute atomic E-state index is 0.461. The zero-order valence-electron chi connectivity index (χ0n) is 10.9. The maximum atomic E-state index is 5.49. The van der Waals surface area contributed by atoms with Crippen LogP contribution in [0.4, 0.5) is 5.95 Å². The first kappa shape index (κ1) is 14.3. The molecule has 0 aromatic carbocycles. The van der Waals surface area contributed by atoms with E-state index in [9.17, 15) is 0 Å². The largest absolute Gasteiger partial charge is 0.341 e. The molecule has 0 radical (unpaired) electrons. The monoisotopic (exact) mass is 254 g/mol. The van der Waals surface area contributed by atoms with E-state index in [1.54, 1.807) is 0 Å². The van der Waals surface area contributed by atoms with Gasteiger partial charge in [0.1, 0.15) is 0 Å². The third-order valence-electron chi connectivity index (χ3n) is 2.84. The van der Waals surface area contributed by atoms with Crippen LogP contribution in [0.2, 0.25) is 0 Å². The molecule has 4 nitrogen and oxygen atoms in total. The Labute approximate surface area is 108 Å². The summed E-state index contributed by atoms with van der Waals surface area (Å²) < 4.78 is 0. The van der Waals surface area contributed by atoms with Gasteiger partial charge in [0.2, 0.25) is 5.95 Å². The number of nitrogens with two attached hydrogens (primary N) is 1. The fraction of sp³-hybridized carbons (Fsp3) is 0.667. The molecule has 17 heavy (non-hydrogen) atoms. The average molecular weight is 254 g/mol. The number of thioether (sulfide) groups is 1. The molecule has 1 atom stereocenters. The van der Waals surface area contributed by atoms with Gasteiger partial charge < -0.3 is 10.6 Å². The lowest BCUT2D eigenvalue weighted by Crippen LogP contribution is -2.30. The highest BCUT2D eigenvalue weighted by molar-refractivity contribution is 7.98. The van der Waals surface area contributed by atoms with Crippen molar-refractivity contribution in [2.75, 3.05) is 30.5 Å². The number of rotatable bonds is 7. The number of hydrogen-bond acceptors (Lipinski definition) is 5. The molecule has 0 aliphatic rings. The number of nitrogens with zero attached hydrogens (tertiary/aromatic N) is 3. The van der Waals surface area contributed by atoms with Gasteiger partial charge in [-0.3, -0.25) is 0 Å². The SMILES string of the molecule is CSCCC(C)N(C)c1ncc(CCN)cn1. The second-order valence-electron chi connectivity index (χ2n) is 4.17. The third-order valence-corrected chi connectivity index (χ3v) is 3.49. The summed E-state index contributed by atoms with van der Waals surface area (Å²) >= 11 is 1.87. The van der Waals surface area contributed by atoms with E-state index in [0.29, 0.717) is 12.6 Å². The van der Waals surface area contributed by atoms with Crippen molar-refractivity contribution in [3.63, 3.8) is 0 Å². The maximum absolute atomic E-state index is 5.49. The van der Waals surface area contributed by atoms with Gasteiger partial charge in [-0.25, -0.2) is 9.97 Å². The summed E-state index contributed by atoms with van der Waals surface area (Å²) in [4.78, 5) is 10.9. The molecule has 0 fully saturated rings. The zero-order chi connectivity index (χ0) is 12.7. The highest BCUT2D eigenvalue weighted by atomic mass is 32.2. The van der Waals surface area contributed by atoms with Crippen LogP contribution in [0, 0.1) is 0 Å². The van der Waals surface area contributed by atoms with Gasteiger partial charge in [-0.1, -0.05) is 0 Å². The van der Waals surface area contributed by atoms with Gasteiger partial charge in [0, 0.05) is 25.5 Å². The first-order valence-corrected chi connectivity index (χ1v) is 7.31. The number of hydrogen-bond donors (Lipinski definition) is 1. The Morgan fingerprint density at radius 3 is 2.59 bits per heavy atom. The van der Waals surface area contributed by atoms with Gasteiger partial charge in [-0.15, -0.1) is 0 Å². The third kappa shape index (κ3) is 4.52. The molecule has 0 aliphatic carbocycles. The first-order chi connectivity index (χ1) is 8.19. The minimum atomic E-state index is 0.461. The second-order valence-corrected chi connectivity index (χ2v) is 5.16. The molecule has 0 amide bonds. The molecule has 1 aromatic rings. The maximum Gasteiger partial charge on any atom is 0.225 e.